The van der Waals surface area contributed by atoms with Crippen molar-refractivity contribution < 1.29 is 4.79 Å². The van der Waals surface area contributed by atoms with E-state index in [4.69, 9.17) is 4.98 Å². The van der Waals surface area contributed by atoms with Crippen LogP contribution in [0.15, 0.2) is 24.3 Å². The second kappa shape index (κ2) is 7.06. The number of rotatable bonds is 3. The number of hydrogen-bond acceptors (Lipinski definition) is 3. The van der Waals surface area contributed by atoms with Crippen LogP contribution in [0.2, 0.25) is 0 Å². The number of carbonyl (C=O) groups excluding carboxylic acids is 1. The number of fused-ring (bicyclic) bond motifs is 1. The lowest BCUT2D eigenvalue weighted by Crippen LogP contribution is -2.48. The predicted molar refractivity (Wildman–Crippen MR) is 101 cm³/mol. The van der Waals surface area contributed by atoms with Crippen LogP contribution in [0.1, 0.15) is 45.4 Å². The minimum absolute atomic E-state index is 0.0658. The summed E-state index contributed by atoms with van der Waals surface area (Å²) in [5.41, 5.74) is 2.04. The molecule has 1 amide bonds. The molecule has 0 unspecified atom stereocenters. The number of imidazole rings is 1. The second-order valence-electron chi connectivity index (χ2n) is 7.74. The van der Waals surface area contributed by atoms with Gasteiger partial charge < -0.3 is 15.2 Å². The van der Waals surface area contributed by atoms with E-state index in [0.29, 0.717) is 12.0 Å². The quantitative estimate of drug-likeness (QED) is 0.899. The van der Waals surface area contributed by atoms with Gasteiger partial charge in [-0.15, -0.1) is 0 Å². The van der Waals surface area contributed by atoms with E-state index in [0.717, 1.165) is 49.3 Å². The van der Waals surface area contributed by atoms with Crippen LogP contribution in [-0.4, -0.2) is 35.0 Å². The molecule has 3 atom stereocenters. The first kappa shape index (κ1) is 16.4. The SMILES string of the molecule is C[C@@H]1CCCC[C@@H]1NC(=O)[C@H]1CCCN(c2nc3ccccc3[nH]2)C1. The molecule has 2 N–H and O–H groups in total. The molecular weight excluding hydrogens is 312 g/mol. The van der Waals surface area contributed by atoms with Gasteiger partial charge in [0.15, 0.2) is 0 Å². The van der Waals surface area contributed by atoms with E-state index in [1.165, 1.54) is 19.3 Å². The molecular formula is C20H28N4O. The number of nitrogens with one attached hydrogen (secondary N) is 2. The lowest BCUT2D eigenvalue weighted by atomic mass is 9.85. The third-order valence-corrected chi connectivity index (χ3v) is 5.91. The van der Waals surface area contributed by atoms with Crippen molar-refractivity contribution in [3.05, 3.63) is 24.3 Å². The molecule has 25 heavy (non-hydrogen) atoms. The highest BCUT2D eigenvalue weighted by Gasteiger charge is 2.30. The molecule has 1 saturated heterocycles. The molecule has 0 radical (unpaired) electrons. The van der Waals surface area contributed by atoms with E-state index >= 15 is 0 Å². The lowest BCUT2D eigenvalue weighted by Gasteiger charge is -2.35. The molecule has 134 valence electrons. The Morgan fingerprint density at radius 3 is 2.88 bits per heavy atom. The van der Waals surface area contributed by atoms with Crippen LogP contribution in [0.5, 0.6) is 0 Å². The zero-order valence-corrected chi connectivity index (χ0v) is 15.0. The summed E-state index contributed by atoms with van der Waals surface area (Å²) in [5, 5.41) is 3.34. The average molecular weight is 340 g/mol. The normalized spacial score (nSPS) is 27.4. The molecule has 2 heterocycles. The first-order valence-electron chi connectivity index (χ1n) is 9.71. The summed E-state index contributed by atoms with van der Waals surface area (Å²) in [6.45, 7) is 3.99. The highest BCUT2D eigenvalue weighted by atomic mass is 16.2. The molecule has 2 aliphatic rings. The van der Waals surface area contributed by atoms with Crippen LogP contribution in [-0.2, 0) is 4.79 Å². The maximum Gasteiger partial charge on any atom is 0.225 e. The van der Waals surface area contributed by atoms with Crippen LogP contribution < -0.4 is 10.2 Å². The van der Waals surface area contributed by atoms with Gasteiger partial charge in [-0.3, -0.25) is 4.79 Å². The van der Waals surface area contributed by atoms with E-state index in [2.05, 4.69) is 22.1 Å². The zero-order chi connectivity index (χ0) is 17.2. The average Bonchev–Trinajstić information content (AvgIpc) is 3.08. The number of aromatic nitrogens is 2. The third kappa shape index (κ3) is 3.51. The Bertz CT molecular complexity index is 707. The first-order valence-corrected chi connectivity index (χ1v) is 9.71. The second-order valence-corrected chi connectivity index (χ2v) is 7.74. The standard InChI is InChI=1S/C20H28N4O/c1-14-7-2-3-9-16(14)21-19(25)15-8-6-12-24(13-15)20-22-17-10-4-5-11-18(17)23-20/h4-5,10-11,14-16H,2-3,6-9,12-13H2,1H3,(H,21,25)(H,22,23)/t14-,15+,16+/m1/s1. The van der Waals surface area contributed by atoms with Gasteiger partial charge in [-0.1, -0.05) is 31.9 Å². The minimum atomic E-state index is 0.0658. The Balaban J connectivity index is 1.42. The monoisotopic (exact) mass is 340 g/mol. The maximum absolute atomic E-state index is 12.8. The molecule has 4 rings (SSSR count). The number of aromatic amines is 1. The molecule has 5 heteroatoms. The van der Waals surface area contributed by atoms with Crippen LogP contribution >= 0.6 is 0 Å². The van der Waals surface area contributed by atoms with Crippen LogP contribution in [0, 0.1) is 11.8 Å². The van der Waals surface area contributed by atoms with Gasteiger partial charge in [0, 0.05) is 19.1 Å². The Kier molecular flexibility index (Phi) is 4.64. The predicted octanol–water partition coefficient (Wildman–Crippen LogP) is 3.47. The number of carbonyl (C=O) groups is 1. The van der Waals surface area contributed by atoms with Crippen molar-refractivity contribution in [2.75, 3.05) is 18.0 Å². The number of hydrogen-bond donors (Lipinski definition) is 2. The van der Waals surface area contributed by atoms with Crippen molar-refractivity contribution in [3.63, 3.8) is 0 Å². The molecule has 0 spiro atoms. The third-order valence-electron chi connectivity index (χ3n) is 5.91. The fourth-order valence-electron chi connectivity index (χ4n) is 4.30. The van der Waals surface area contributed by atoms with Crippen LogP contribution in [0.25, 0.3) is 11.0 Å². The summed E-state index contributed by atoms with van der Waals surface area (Å²) in [4.78, 5) is 23.1. The van der Waals surface area contributed by atoms with Gasteiger partial charge in [-0.25, -0.2) is 4.98 Å². The van der Waals surface area contributed by atoms with E-state index in [9.17, 15) is 4.79 Å². The molecule has 1 aliphatic heterocycles. The number of H-pyrrole nitrogens is 1. The van der Waals surface area contributed by atoms with Gasteiger partial charge in [0.2, 0.25) is 11.9 Å². The molecule has 1 aliphatic carbocycles. The first-order chi connectivity index (χ1) is 12.2. The van der Waals surface area contributed by atoms with Crippen molar-refractivity contribution in [1.82, 2.24) is 15.3 Å². The van der Waals surface area contributed by atoms with Crippen molar-refractivity contribution in [2.24, 2.45) is 11.8 Å². The lowest BCUT2D eigenvalue weighted by molar-refractivity contribution is -0.126. The summed E-state index contributed by atoms with van der Waals surface area (Å²) in [6.07, 6.45) is 6.93. The molecule has 2 aromatic rings. The molecule has 1 saturated carbocycles. The van der Waals surface area contributed by atoms with E-state index in [-0.39, 0.29) is 11.8 Å². The van der Waals surface area contributed by atoms with E-state index in [1.807, 2.05) is 24.3 Å². The van der Waals surface area contributed by atoms with Crippen molar-refractivity contribution in [3.8, 4) is 0 Å². The van der Waals surface area contributed by atoms with Gasteiger partial charge >= 0.3 is 0 Å². The van der Waals surface area contributed by atoms with Gasteiger partial charge in [-0.05, 0) is 43.7 Å². The summed E-state index contributed by atoms with van der Waals surface area (Å²) >= 11 is 0. The zero-order valence-electron chi connectivity index (χ0n) is 15.0. The number of para-hydroxylation sites is 2. The minimum Gasteiger partial charge on any atom is -0.353 e. The summed E-state index contributed by atoms with van der Waals surface area (Å²) < 4.78 is 0. The topological polar surface area (TPSA) is 61.0 Å². The largest absolute Gasteiger partial charge is 0.353 e. The van der Waals surface area contributed by atoms with E-state index < -0.39 is 0 Å². The smallest absolute Gasteiger partial charge is 0.225 e. The fraction of sp³-hybridized carbons (Fsp3) is 0.600. The van der Waals surface area contributed by atoms with Crippen molar-refractivity contribution in [1.29, 1.82) is 0 Å². The summed E-state index contributed by atoms with van der Waals surface area (Å²) in [6, 6.07) is 8.45. The maximum atomic E-state index is 12.8. The molecule has 1 aromatic carbocycles. The highest BCUT2D eigenvalue weighted by Crippen LogP contribution is 2.26. The van der Waals surface area contributed by atoms with E-state index in [1.54, 1.807) is 0 Å². The van der Waals surface area contributed by atoms with Gasteiger partial charge in [0.05, 0.1) is 17.0 Å². The Morgan fingerprint density at radius 1 is 1.20 bits per heavy atom. The number of anilines is 1. The van der Waals surface area contributed by atoms with Gasteiger partial charge in [0.1, 0.15) is 0 Å². The van der Waals surface area contributed by atoms with Crippen molar-refractivity contribution >= 4 is 22.9 Å². The van der Waals surface area contributed by atoms with Gasteiger partial charge in [0.25, 0.3) is 0 Å². The number of piperidine rings is 1. The molecule has 1 aromatic heterocycles. The van der Waals surface area contributed by atoms with Crippen LogP contribution in [0.3, 0.4) is 0 Å². The Labute approximate surface area is 149 Å². The van der Waals surface area contributed by atoms with Gasteiger partial charge in [-0.2, -0.15) is 0 Å². The number of amides is 1. The van der Waals surface area contributed by atoms with Crippen LogP contribution in [0.4, 0.5) is 5.95 Å². The number of benzene rings is 1. The summed E-state index contributed by atoms with van der Waals surface area (Å²) in [7, 11) is 0. The Morgan fingerprint density at radius 2 is 2.04 bits per heavy atom. The number of nitrogens with zero attached hydrogens (tertiary/aromatic N) is 2. The Hall–Kier alpha value is -2.04. The molecule has 5 nitrogen and oxygen atoms in total. The molecule has 0 bridgehead atoms. The highest BCUT2D eigenvalue weighted by molar-refractivity contribution is 5.80. The summed E-state index contributed by atoms with van der Waals surface area (Å²) in [5.74, 6) is 1.80. The fourth-order valence-corrected chi connectivity index (χ4v) is 4.30. The molecule has 2 fully saturated rings. The van der Waals surface area contributed by atoms with Crippen molar-refractivity contribution in [2.45, 2.75) is 51.5 Å².